The first-order valence-electron chi connectivity index (χ1n) is 4.77. The summed E-state index contributed by atoms with van der Waals surface area (Å²) in [6.07, 6.45) is 0. The fourth-order valence-corrected chi connectivity index (χ4v) is 3.91. The van der Waals surface area contributed by atoms with Crippen molar-refractivity contribution < 1.29 is 0 Å². The first-order valence-corrected chi connectivity index (χ1v) is 6.91. The quantitative estimate of drug-likeness (QED) is 0.705. The molecular weight excluding hydrogens is 191 g/mol. The van der Waals surface area contributed by atoms with Gasteiger partial charge < -0.3 is 0 Å². The molecule has 78 valence electrons. The Morgan fingerprint density at radius 2 is 1.29 bits per heavy atom. The molecule has 0 aliphatic heterocycles. The second kappa shape index (κ2) is 4.39. The predicted molar refractivity (Wildman–Crippen MR) is 66.3 cm³/mol. The zero-order valence-electron chi connectivity index (χ0n) is 9.73. The molecule has 0 N–H and O–H groups in total. The second-order valence-corrected chi connectivity index (χ2v) is 7.89. The summed E-state index contributed by atoms with van der Waals surface area (Å²) in [4.78, 5) is 0. The van der Waals surface area contributed by atoms with Gasteiger partial charge in [-0.1, -0.05) is 18.2 Å². The Balaban J connectivity index is 3.13. The lowest BCUT2D eigenvalue weighted by atomic mass is 10.4. The SMILES string of the molecule is CN(C)[P+](C)(c1ccccc1)N(C)C. The van der Waals surface area contributed by atoms with Crippen LogP contribution in [0.15, 0.2) is 30.3 Å². The molecule has 0 heterocycles. The lowest BCUT2D eigenvalue weighted by Crippen LogP contribution is -2.33. The molecule has 2 nitrogen and oxygen atoms in total. The highest BCUT2D eigenvalue weighted by Crippen LogP contribution is 2.56. The minimum atomic E-state index is -1.30. The summed E-state index contributed by atoms with van der Waals surface area (Å²) in [5.41, 5.74) is 0. The highest BCUT2D eigenvalue weighted by molar-refractivity contribution is 7.77. The zero-order chi connectivity index (χ0) is 10.8. The van der Waals surface area contributed by atoms with E-state index in [4.69, 9.17) is 0 Å². The van der Waals surface area contributed by atoms with Crippen LogP contribution >= 0.6 is 7.56 Å². The summed E-state index contributed by atoms with van der Waals surface area (Å²) in [5, 5.41) is 1.43. The maximum Gasteiger partial charge on any atom is 0.181 e. The molecule has 14 heavy (non-hydrogen) atoms. The van der Waals surface area contributed by atoms with Gasteiger partial charge in [0.1, 0.15) is 5.30 Å². The number of hydrogen-bond acceptors (Lipinski definition) is 2. The van der Waals surface area contributed by atoms with E-state index in [1.54, 1.807) is 0 Å². The third-order valence-corrected chi connectivity index (χ3v) is 7.20. The lowest BCUT2D eigenvalue weighted by molar-refractivity contribution is 0.566. The monoisotopic (exact) mass is 211 g/mol. The molecule has 0 saturated heterocycles. The molecule has 0 fully saturated rings. The Labute approximate surface area is 88.0 Å². The van der Waals surface area contributed by atoms with E-state index in [0.717, 1.165) is 0 Å². The van der Waals surface area contributed by atoms with Gasteiger partial charge in [-0.3, -0.25) is 0 Å². The Morgan fingerprint density at radius 3 is 1.64 bits per heavy atom. The summed E-state index contributed by atoms with van der Waals surface area (Å²) in [7, 11) is 7.32. The maximum absolute atomic E-state index is 2.34. The van der Waals surface area contributed by atoms with Gasteiger partial charge in [-0.05, 0) is 12.1 Å². The molecule has 0 unspecified atom stereocenters. The van der Waals surface area contributed by atoms with Crippen molar-refractivity contribution in [2.24, 2.45) is 0 Å². The maximum atomic E-state index is 2.34. The average molecular weight is 211 g/mol. The van der Waals surface area contributed by atoms with E-state index in [2.05, 4.69) is 74.5 Å². The van der Waals surface area contributed by atoms with Gasteiger partial charge in [0.15, 0.2) is 7.56 Å². The zero-order valence-corrected chi connectivity index (χ0v) is 10.6. The summed E-state index contributed by atoms with van der Waals surface area (Å²) in [5.74, 6) is 0. The van der Waals surface area contributed by atoms with Crippen LogP contribution in [0.5, 0.6) is 0 Å². The molecule has 0 saturated carbocycles. The van der Waals surface area contributed by atoms with Gasteiger partial charge >= 0.3 is 0 Å². The first-order chi connectivity index (χ1) is 6.49. The van der Waals surface area contributed by atoms with E-state index in [-0.39, 0.29) is 0 Å². The second-order valence-electron chi connectivity index (χ2n) is 3.94. The highest BCUT2D eigenvalue weighted by atomic mass is 31.2. The highest BCUT2D eigenvalue weighted by Gasteiger charge is 2.40. The van der Waals surface area contributed by atoms with E-state index in [1.807, 2.05) is 0 Å². The molecular formula is C11H20N2P+. The van der Waals surface area contributed by atoms with Crippen LogP contribution in [0.4, 0.5) is 0 Å². The summed E-state index contributed by atoms with van der Waals surface area (Å²) < 4.78 is 4.67. The lowest BCUT2D eigenvalue weighted by Gasteiger charge is -2.33. The molecule has 0 spiro atoms. The van der Waals surface area contributed by atoms with E-state index in [1.165, 1.54) is 5.30 Å². The van der Waals surface area contributed by atoms with Crippen molar-refractivity contribution in [3.05, 3.63) is 30.3 Å². The van der Waals surface area contributed by atoms with Crippen LogP contribution in [0.3, 0.4) is 0 Å². The molecule has 1 rings (SSSR count). The molecule has 0 bridgehead atoms. The van der Waals surface area contributed by atoms with Gasteiger partial charge in [0.25, 0.3) is 0 Å². The van der Waals surface area contributed by atoms with Crippen molar-refractivity contribution in [2.45, 2.75) is 0 Å². The van der Waals surface area contributed by atoms with Crippen LogP contribution in [-0.2, 0) is 0 Å². The molecule has 3 heteroatoms. The Hall–Kier alpha value is -0.430. The van der Waals surface area contributed by atoms with E-state index >= 15 is 0 Å². The summed E-state index contributed by atoms with van der Waals surface area (Å²) >= 11 is 0. The van der Waals surface area contributed by atoms with Crippen molar-refractivity contribution in [2.75, 3.05) is 34.9 Å². The van der Waals surface area contributed by atoms with Gasteiger partial charge in [0.2, 0.25) is 0 Å². The third kappa shape index (κ3) is 1.98. The van der Waals surface area contributed by atoms with Gasteiger partial charge in [-0.2, -0.15) is 9.34 Å². The van der Waals surface area contributed by atoms with Gasteiger partial charge in [0.05, 0.1) is 6.66 Å². The summed E-state index contributed by atoms with van der Waals surface area (Å²) in [6, 6.07) is 10.7. The van der Waals surface area contributed by atoms with Crippen molar-refractivity contribution in [3.8, 4) is 0 Å². The molecule has 0 radical (unpaired) electrons. The molecule has 1 aromatic carbocycles. The fourth-order valence-electron chi connectivity index (χ4n) is 1.53. The van der Waals surface area contributed by atoms with Gasteiger partial charge in [0, 0.05) is 28.2 Å². The number of benzene rings is 1. The standard InChI is InChI=1S/C11H20N2P/c1-12(2)14(5,13(3)4)11-9-7-6-8-10-11/h6-10H,1-5H3/q+1. The van der Waals surface area contributed by atoms with E-state index < -0.39 is 7.56 Å². The Kier molecular flexibility index (Phi) is 3.65. The number of hydrogen-bond donors (Lipinski definition) is 0. The minimum absolute atomic E-state index is 1.30. The predicted octanol–water partition coefficient (Wildman–Crippen LogP) is 1.91. The molecule has 0 amide bonds. The van der Waals surface area contributed by atoms with Crippen LogP contribution < -0.4 is 5.30 Å². The van der Waals surface area contributed by atoms with Crippen LogP contribution in [0.2, 0.25) is 0 Å². The van der Waals surface area contributed by atoms with Crippen LogP contribution in [0, 0.1) is 0 Å². The molecule has 0 aliphatic rings. The van der Waals surface area contributed by atoms with Crippen LogP contribution in [0.1, 0.15) is 0 Å². The first kappa shape index (κ1) is 11.6. The Morgan fingerprint density at radius 1 is 0.857 bits per heavy atom. The smallest absolute Gasteiger partial charge is 0.166 e. The van der Waals surface area contributed by atoms with Crippen molar-refractivity contribution >= 4 is 12.9 Å². The van der Waals surface area contributed by atoms with E-state index in [0.29, 0.717) is 0 Å². The molecule has 1 aromatic rings. The normalized spacial score (nSPS) is 12.5. The van der Waals surface area contributed by atoms with Crippen molar-refractivity contribution in [1.82, 2.24) is 9.34 Å². The van der Waals surface area contributed by atoms with Crippen molar-refractivity contribution in [3.63, 3.8) is 0 Å². The minimum Gasteiger partial charge on any atom is -0.166 e. The third-order valence-electron chi connectivity index (χ3n) is 2.80. The molecule has 0 aliphatic carbocycles. The fraction of sp³-hybridized carbons (Fsp3) is 0.455. The van der Waals surface area contributed by atoms with Gasteiger partial charge in [-0.25, -0.2) is 0 Å². The Bertz CT molecular complexity index is 275. The molecule has 0 atom stereocenters. The van der Waals surface area contributed by atoms with E-state index in [9.17, 15) is 0 Å². The van der Waals surface area contributed by atoms with Crippen LogP contribution in [-0.4, -0.2) is 44.2 Å². The topological polar surface area (TPSA) is 6.48 Å². The summed E-state index contributed by atoms with van der Waals surface area (Å²) in [6.45, 7) is 2.34. The van der Waals surface area contributed by atoms with Crippen LogP contribution in [0.25, 0.3) is 0 Å². The number of nitrogens with zero attached hydrogens (tertiary/aromatic N) is 2. The van der Waals surface area contributed by atoms with Gasteiger partial charge in [-0.15, -0.1) is 0 Å². The van der Waals surface area contributed by atoms with Crippen molar-refractivity contribution in [1.29, 1.82) is 0 Å². The molecule has 0 aromatic heterocycles. The largest absolute Gasteiger partial charge is 0.181 e. The average Bonchev–Trinajstić information content (AvgIpc) is 2.17. The number of rotatable bonds is 3.